The van der Waals surface area contributed by atoms with E-state index in [1.54, 1.807) is 10.6 Å². The van der Waals surface area contributed by atoms with Crippen LogP contribution >= 0.6 is 0 Å². The minimum absolute atomic E-state index is 0.125. The fourth-order valence-corrected chi connectivity index (χ4v) is 3.94. The van der Waals surface area contributed by atoms with Crippen LogP contribution in [0.2, 0.25) is 0 Å². The number of aromatic nitrogens is 2. The number of fused-ring (bicyclic) bond motifs is 5. The maximum Gasteiger partial charge on any atom is 0.340 e. The van der Waals surface area contributed by atoms with Crippen molar-refractivity contribution in [2.24, 2.45) is 0 Å². The zero-order chi connectivity index (χ0) is 20.5. The molecule has 7 heteroatoms. The van der Waals surface area contributed by atoms with Gasteiger partial charge in [0, 0.05) is 16.5 Å². The molecule has 7 nitrogen and oxygen atoms in total. The van der Waals surface area contributed by atoms with Gasteiger partial charge in [0.05, 0.1) is 29.0 Å². The van der Waals surface area contributed by atoms with Crippen LogP contribution in [-0.2, 0) is 22.7 Å². The van der Waals surface area contributed by atoms with E-state index in [9.17, 15) is 14.7 Å². The molecule has 2 aliphatic heterocycles. The third-order valence-electron chi connectivity index (χ3n) is 5.20. The van der Waals surface area contributed by atoms with Gasteiger partial charge >= 0.3 is 5.97 Å². The van der Waals surface area contributed by atoms with Gasteiger partial charge in [0.15, 0.2) is 6.10 Å². The Morgan fingerprint density at radius 1 is 1.24 bits per heavy atom. The predicted molar refractivity (Wildman–Crippen MR) is 106 cm³/mol. The third-order valence-corrected chi connectivity index (χ3v) is 5.20. The van der Waals surface area contributed by atoms with Crippen molar-refractivity contribution in [3.05, 3.63) is 57.4 Å². The van der Waals surface area contributed by atoms with Crippen molar-refractivity contribution in [3.8, 4) is 17.1 Å². The zero-order valence-corrected chi connectivity index (χ0v) is 16.4. The van der Waals surface area contributed by atoms with Crippen molar-refractivity contribution < 1.29 is 19.4 Å². The van der Waals surface area contributed by atoms with Crippen molar-refractivity contribution in [2.45, 2.75) is 45.6 Å². The third kappa shape index (κ3) is 2.73. The Kier molecular flexibility index (Phi) is 3.64. The number of cyclic esters (lactones) is 1. The van der Waals surface area contributed by atoms with E-state index in [1.165, 1.54) is 0 Å². The molecule has 0 bridgehead atoms. The summed E-state index contributed by atoms with van der Waals surface area (Å²) >= 11 is 0. The number of pyridine rings is 2. The number of esters is 1. The summed E-state index contributed by atoms with van der Waals surface area (Å²) in [6.45, 7) is 6.21. The molecule has 1 aromatic carbocycles. The molecular formula is C22H20N2O5. The van der Waals surface area contributed by atoms with Crippen LogP contribution in [-0.4, -0.2) is 26.2 Å². The van der Waals surface area contributed by atoms with Gasteiger partial charge in [0.25, 0.3) is 5.56 Å². The van der Waals surface area contributed by atoms with E-state index in [0.717, 1.165) is 22.2 Å². The number of carbonyl (C=O) groups is 1. The van der Waals surface area contributed by atoms with E-state index in [-0.39, 0.29) is 17.8 Å². The van der Waals surface area contributed by atoms with Crippen molar-refractivity contribution in [2.75, 3.05) is 0 Å². The molecule has 29 heavy (non-hydrogen) atoms. The maximum absolute atomic E-state index is 13.0. The van der Waals surface area contributed by atoms with Crippen molar-refractivity contribution in [3.63, 3.8) is 0 Å². The molecule has 2 aromatic heterocycles. The number of rotatable bonds is 1. The molecule has 2 aliphatic rings. The molecule has 0 saturated heterocycles. The summed E-state index contributed by atoms with van der Waals surface area (Å²) in [4.78, 5) is 29.5. The van der Waals surface area contributed by atoms with E-state index in [0.29, 0.717) is 29.1 Å². The number of hydrogen-bond donors (Lipinski definition) is 1. The van der Waals surface area contributed by atoms with Gasteiger partial charge in [-0.3, -0.25) is 4.79 Å². The Bertz CT molecular complexity index is 1250. The highest BCUT2D eigenvalue weighted by Gasteiger charge is 2.33. The fourth-order valence-electron chi connectivity index (χ4n) is 3.94. The largest absolute Gasteiger partial charge is 0.487 e. The summed E-state index contributed by atoms with van der Waals surface area (Å²) in [7, 11) is 0. The number of carbonyl (C=O) groups excluding carboxylic acids is 1. The molecule has 0 spiro atoms. The standard InChI is InChI=1S/C22H20N2O5/c1-22(2,3)29-17-6-4-5-15-13(17)7-11-9-24-16(18(11)23-15)8-12-14(20(24)26)10-28-21(27)19(12)25/h4-8,19,25H,9-10H2,1-3H3/t19-/m0/s1. The summed E-state index contributed by atoms with van der Waals surface area (Å²) in [5.74, 6) is -0.00201. The Labute approximate surface area is 166 Å². The summed E-state index contributed by atoms with van der Waals surface area (Å²) in [6, 6.07) is 9.38. The normalized spacial score (nSPS) is 17.5. The van der Waals surface area contributed by atoms with Crippen molar-refractivity contribution >= 4 is 16.9 Å². The van der Waals surface area contributed by atoms with Gasteiger partial charge in [0.1, 0.15) is 18.0 Å². The Morgan fingerprint density at radius 3 is 2.79 bits per heavy atom. The van der Waals surface area contributed by atoms with Crippen LogP contribution < -0.4 is 10.3 Å². The van der Waals surface area contributed by atoms with Crippen LogP contribution in [0.3, 0.4) is 0 Å². The van der Waals surface area contributed by atoms with Gasteiger partial charge in [0.2, 0.25) is 0 Å². The molecule has 0 aliphatic carbocycles. The molecule has 0 amide bonds. The monoisotopic (exact) mass is 392 g/mol. The maximum atomic E-state index is 13.0. The molecule has 0 radical (unpaired) electrons. The molecule has 0 fully saturated rings. The second-order valence-electron chi connectivity index (χ2n) is 8.40. The van der Waals surface area contributed by atoms with Gasteiger partial charge in [-0.25, -0.2) is 9.78 Å². The van der Waals surface area contributed by atoms with Crippen LogP contribution in [0.5, 0.6) is 5.75 Å². The number of benzene rings is 1. The lowest BCUT2D eigenvalue weighted by Gasteiger charge is -2.22. The molecule has 4 heterocycles. The summed E-state index contributed by atoms with van der Waals surface area (Å²) < 4.78 is 12.6. The lowest BCUT2D eigenvalue weighted by molar-refractivity contribution is -0.157. The second-order valence-corrected chi connectivity index (χ2v) is 8.40. The van der Waals surface area contributed by atoms with Crippen molar-refractivity contribution in [1.29, 1.82) is 0 Å². The first-order valence-electron chi connectivity index (χ1n) is 9.46. The summed E-state index contributed by atoms with van der Waals surface area (Å²) in [6.07, 6.45) is -1.45. The van der Waals surface area contributed by atoms with Crippen molar-refractivity contribution in [1.82, 2.24) is 9.55 Å². The van der Waals surface area contributed by atoms with Gasteiger partial charge < -0.3 is 19.1 Å². The average molecular weight is 392 g/mol. The van der Waals surface area contributed by atoms with Crippen LogP contribution in [0.4, 0.5) is 0 Å². The number of aliphatic hydroxyl groups excluding tert-OH is 1. The lowest BCUT2D eigenvalue weighted by Crippen LogP contribution is -2.32. The number of ether oxygens (including phenoxy) is 2. The topological polar surface area (TPSA) is 90.7 Å². The highest BCUT2D eigenvalue weighted by molar-refractivity contribution is 5.89. The quantitative estimate of drug-likeness (QED) is 0.501. The zero-order valence-electron chi connectivity index (χ0n) is 16.4. The molecule has 0 unspecified atom stereocenters. The molecule has 1 N–H and O–H groups in total. The summed E-state index contributed by atoms with van der Waals surface area (Å²) in [5.41, 5.74) is 2.92. The van der Waals surface area contributed by atoms with Crippen LogP contribution in [0, 0.1) is 0 Å². The van der Waals surface area contributed by atoms with Crippen LogP contribution in [0.15, 0.2) is 35.1 Å². The van der Waals surface area contributed by atoms with Gasteiger partial charge in [-0.1, -0.05) is 6.07 Å². The van der Waals surface area contributed by atoms with Gasteiger partial charge in [-0.05, 0) is 45.0 Å². The molecular weight excluding hydrogens is 372 g/mol. The number of aliphatic hydroxyl groups is 1. The van der Waals surface area contributed by atoms with E-state index in [4.69, 9.17) is 14.5 Å². The first kappa shape index (κ1) is 17.9. The van der Waals surface area contributed by atoms with Gasteiger partial charge in [-0.2, -0.15) is 0 Å². The molecule has 148 valence electrons. The number of hydrogen-bond acceptors (Lipinski definition) is 6. The first-order chi connectivity index (χ1) is 13.7. The first-order valence-corrected chi connectivity index (χ1v) is 9.46. The highest BCUT2D eigenvalue weighted by Crippen LogP contribution is 2.37. The Hall–Kier alpha value is -3.19. The van der Waals surface area contributed by atoms with Crippen LogP contribution in [0.25, 0.3) is 22.3 Å². The number of nitrogens with zero attached hydrogens (tertiary/aromatic N) is 2. The Balaban J connectivity index is 1.70. The minimum Gasteiger partial charge on any atom is -0.487 e. The van der Waals surface area contributed by atoms with Gasteiger partial charge in [-0.15, -0.1) is 0 Å². The highest BCUT2D eigenvalue weighted by atomic mass is 16.5. The summed E-state index contributed by atoms with van der Waals surface area (Å²) in [5, 5.41) is 11.1. The van der Waals surface area contributed by atoms with E-state index in [1.807, 2.05) is 45.0 Å². The van der Waals surface area contributed by atoms with E-state index in [2.05, 4.69) is 0 Å². The molecule has 3 aromatic rings. The predicted octanol–water partition coefficient (Wildman–Crippen LogP) is 2.69. The van der Waals surface area contributed by atoms with Crippen LogP contribution in [0.1, 0.15) is 43.6 Å². The second kappa shape index (κ2) is 5.90. The minimum atomic E-state index is -1.45. The molecule has 5 rings (SSSR count). The van der Waals surface area contributed by atoms with E-state index >= 15 is 0 Å². The fraction of sp³-hybridized carbons (Fsp3) is 0.318. The molecule has 0 saturated carbocycles. The van der Waals surface area contributed by atoms with E-state index < -0.39 is 12.1 Å². The molecule has 1 atom stereocenters. The average Bonchev–Trinajstić information content (AvgIpc) is 3.01. The smallest absolute Gasteiger partial charge is 0.340 e. The Morgan fingerprint density at radius 2 is 2.03 bits per heavy atom. The SMILES string of the molecule is CC(C)(C)Oc1cccc2nc3c(cc12)Cn1c-3cc2c(c1=O)COC(=O)[C@H]2O. The lowest BCUT2D eigenvalue weighted by atomic mass is 10.0.